The molecule has 3 nitrogen and oxygen atoms in total. The number of hydrogen-bond acceptors (Lipinski definition) is 3. The monoisotopic (exact) mass is 270 g/mol. The molecule has 0 bridgehead atoms. The molecule has 1 N–H and O–H groups in total. The van der Waals surface area contributed by atoms with Gasteiger partial charge in [0.1, 0.15) is 0 Å². The lowest BCUT2D eigenvalue weighted by atomic mass is 9.98. The average Bonchev–Trinajstić information content (AvgIpc) is 2.37. The average molecular weight is 270 g/mol. The van der Waals surface area contributed by atoms with Crippen molar-refractivity contribution in [1.29, 1.82) is 0 Å². The number of ether oxygens (including phenoxy) is 1. The van der Waals surface area contributed by atoms with E-state index >= 15 is 0 Å². The van der Waals surface area contributed by atoms with Crippen LogP contribution in [0.4, 0.5) is 0 Å². The Balaban J connectivity index is 2.27. The van der Waals surface area contributed by atoms with Crippen molar-refractivity contribution in [2.45, 2.75) is 72.1 Å². The molecule has 19 heavy (non-hydrogen) atoms. The van der Waals surface area contributed by atoms with Crippen LogP contribution < -0.4 is 5.32 Å². The minimum Gasteiger partial charge on any atom is -0.379 e. The summed E-state index contributed by atoms with van der Waals surface area (Å²) in [6.07, 6.45) is 4.06. The molecule has 0 aromatic carbocycles. The molecule has 1 aliphatic heterocycles. The molecule has 0 amide bonds. The van der Waals surface area contributed by atoms with Crippen molar-refractivity contribution < 1.29 is 4.74 Å². The van der Waals surface area contributed by atoms with E-state index in [-0.39, 0.29) is 0 Å². The zero-order chi connectivity index (χ0) is 14.3. The molecule has 0 aromatic rings. The quantitative estimate of drug-likeness (QED) is 0.686. The molecular formula is C16H34N2O. The number of nitrogens with zero attached hydrogens (tertiary/aromatic N) is 1. The van der Waals surface area contributed by atoms with Crippen LogP contribution in [0, 0.1) is 5.92 Å². The van der Waals surface area contributed by atoms with Gasteiger partial charge in [-0.3, -0.25) is 4.90 Å². The van der Waals surface area contributed by atoms with Crippen LogP contribution in [0.2, 0.25) is 0 Å². The van der Waals surface area contributed by atoms with Crippen molar-refractivity contribution in [3.8, 4) is 0 Å². The fourth-order valence-electron chi connectivity index (χ4n) is 2.74. The highest BCUT2D eigenvalue weighted by Gasteiger charge is 2.27. The number of hydrogen-bond donors (Lipinski definition) is 1. The molecular weight excluding hydrogens is 236 g/mol. The maximum atomic E-state index is 5.61. The number of piperazine rings is 1. The van der Waals surface area contributed by atoms with Gasteiger partial charge in [0, 0.05) is 31.8 Å². The number of unbranched alkanes of at least 4 members (excludes halogenated alkanes) is 1. The predicted molar refractivity (Wildman–Crippen MR) is 82.6 cm³/mol. The van der Waals surface area contributed by atoms with Crippen molar-refractivity contribution in [2.24, 2.45) is 5.92 Å². The Labute approximate surface area is 120 Å². The molecule has 0 radical (unpaired) electrons. The molecule has 0 aliphatic carbocycles. The lowest BCUT2D eigenvalue weighted by Gasteiger charge is -2.41. The zero-order valence-corrected chi connectivity index (χ0v) is 13.6. The van der Waals surface area contributed by atoms with Crippen molar-refractivity contribution in [3.05, 3.63) is 0 Å². The lowest BCUT2D eigenvalue weighted by molar-refractivity contribution is 0.0681. The summed E-state index contributed by atoms with van der Waals surface area (Å²) in [4.78, 5) is 2.69. The van der Waals surface area contributed by atoms with Crippen LogP contribution in [0.1, 0.15) is 53.9 Å². The van der Waals surface area contributed by atoms with E-state index in [1.165, 1.54) is 32.4 Å². The van der Waals surface area contributed by atoms with Gasteiger partial charge in [0.15, 0.2) is 0 Å². The van der Waals surface area contributed by atoms with Crippen LogP contribution >= 0.6 is 0 Å². The van der Waals surface area contributed by atoms with E-state index in [0.29, 0.717) is 12.1 Å². The Morgan fingerprint density at radius 3 is 2.53 bits per heavy atom. The molecule has 1 heterocycles. The largest absolute Gasteiger partial charge is 0.379 e. The molecule has 1 rings (SSSR count). The van der Waals surface area contributed by atoms with E-state index in [4.69, 9.17) is 4.74 Å². The first-order chi connectivity index (χ1) is 9.04. The summed E-state index contributed by atoms with van der Waals surface area (Å²) in [5.74, 6) is 0.726. The van der Waals surface area contributed by atoms with E-state index in [2.05, 4.69) is 44.8 Å². The summed E-state index contributed by atoms with van der Waals surface area (Å²) < 4.78 is 5.61. The summed E-state index contributed by atoms with van der Waals surface area (Å²) in [7, 11) is 0. The Kier molecular flexibility index (Phi) is 7.96. The number of rotatable bonds is 8. The second kappa shape index (κ2) is 8.93. The molecule has 1 fully saturated rings. The molecule has 0 aromatic heterocycles. The Hall–Kier alpha value is -0.120. The fourth-order valence-corrected chi connectivity index (χ4v) is 2.74. The minimum absolute atomic E-state index is 0.368. The summed E-state index contributed by atoms with van der Waals surface area (Å²) in [6, 6.07) is 1.38. The second-order valence-electron chi connectivity index (χ2n) is 6.44. The maximum absolute atomic E-state index is 5.61. The van der Waals surface area contributed by atoms with Crippen molar-refractivity contribution in [1.82, 2.24) is 10.2 Å². The zero-order valence-electron chi connectivity index (χ0n) is 13.6. The first kappa shape index (κ1) is 16.9. The highest BCUT2D eigenvalue weighted by atomic mass is 16.5. The maximum Gasteiger partial charge on any atom is 0.0518 e. The van der Waals surface area contributed by atoms with Gasteiger partial charge in [0.2, 0.25) is 0 Å². The van der Waals surface area contributed by atoms with Gasteiger partial charge >= 0.3 is 0 Å². The Morgan fingerprint density at radius 1 is 1.21 bits per heavy atom. The number of nitrogens with one attached hydrogen (secondary N) is 1. The van der Waals surface area contributed by atoms with Gasteiger partial charge in [0.05, 0.1) is 6.10 Å². The summed E-state index contributed by atoms with van der Waals surface area (Å²) in [5, 5.41) is 3.70. The highest BCUT2D eigenvalue weighted by molar-refractivity contribution is 4.86. The molecule has 0 spiro atoms. The first-order valence-electron chi connectivity index (χ1n) is 8.13. The van der Waals surface area contributed by atoms with Crippen molar-refractivity contribution in [2.75, 3.05) is 26.2 Å². The normalized spacial score (nSPS) is 25.4. The van der Waals surface area contributed by atoms with Crippen LogP contribution in [-0.4, -0.2) is 49.3 Å². The van der Waals surface area contributed by atoms with Crippen LogP contribution in [-0.2, 0) is 4.74 Å². The molecule has 114 valence electrons. The van der Waals surface area contributed by atoms with Crippen LogP contribution in [0.5, 0.6) is 0 Å². The summed E-state index contributed by atoms with van der Waals surface area (Å²) in [6.45, 7) is 15.7. The predicted octanol–water partition coefficient (Wildman–Crippen LogP) is 2.90. The van der Waals surface area contributed by atoms with E-state index < -0.39 is 0 Å². The van der Waals surface area contributed by atoms with E-state index in [0.717, 1.165) is 25.1 Å². The minimum atomic E-state index is 0.368. The van der Waals surface area contributed by atoms with E-state index in [9.17, 15) is 0 Å². The van der Waals surface area contributed by atoms with Gasteiger partial charge in [-0.2, -0.15) is 0 Å². The molecule has 3 heteroatoms. The van der Waals surface area contributed by atoms with E-state index in [1.54, 1.807) is 0 Å². The third-order valence-electron chi connectivity index (χ3n) is 4.13. The van der Waals surface area contributed by atoms with Gasteiger partial charge in [0.25, 0.3) is 0 Å². The Bertz CT molecular complexity index is 231. The highest BCUT2D eigenvalue weighted by Crippen LogP contribution is 2.15. The Morgan fingerprint density at radius 2 is 1.95 bits per heavy atom. The lowest BCUT2D eigenvalue weighted by Crippen LogP contribution is -2.58. The van der Waals surface area contributed by atoms with Gasteiger partial charge in [-0.15, -0.1) is 0 Å². The second-order valence-corrected chi connectivity index (χ2v) is 6.44. The molecule has 2 atom stereocenters. The topological polar surface area (TPSA) is 24.5 Å². The molecule has 1 saturated heterocycles. The standard InChI is InChI=1S/C16H34N2O/c1-6-15-11-17-16(13(2)3)12-18(15)9-7-8-10-19-14(4)5/h13-17H,6-12H2,1-5H3. The van der Waals surface area contributed by atoms with Gasteiger partial charge < -0.3 is 10.1 Å². The fraction of sp³-hybridized carbons (Fsp3) is 1.00. The van der Waals surface area contributed by atoms with Crippen LogP contribution in [0.3, 0.4) is 0 Å². The van der Waals surface area contributed by atoms with Gasteiger partial charge in [-0.25, -0.2) is 0 Å². The van der Waals surface area contributed by atoms with Crippen molar-refractivity contribution >= 4 is 0 Å². The molecule has 0 saturated carbocycles. The molecule has 2 unspecified atom stereocenters. The van der Waals surface area contributed by atoms with Crippen molar-refractivity contribution in [3.63, 3.8) is 0 Å². The van der Waals surface area contributed by atoms with Crippen LogP contribution in [0.25, 0.3) is 0 Å². The van der Waals surface area contributed by atoms with Gasteiger partial charge in [-0.05, 0) is 45.6 Å². The van der Waals surface area contributed by atoms with E-state index in [1.807, 2.05) is 0 Å². The van der Waals surface area contributed by atoms with Gasteiger partial charge in [-0.1, -0.05) is 20.8 Å². The summed E-state index contributed by atoms with van der Waals surface area (Å²) >= 11 is 0. The smallest absolute Gasteiger partial charge is 0.0518 e. The third kappa shape index (κ3) is 6.24. The summed E-state index contributed by atoms with van der Waals surface area (Å²) in [5.41, 5.74) is 0. The first-order valence-corrected chi connectivity index (χ1v) is 8.13. The third-order valence-corrected chi connectivity index (χ3v) is 4.13. The SMILES string of the molecule is CCC1CNC(C(C)C)CN1CCCCOC(C)C. The van der Waals surface area contributed by atoms with Crippen LogP contribution in [0.15, 0.2) is 0 Å². The molecule has 1 aliphatic rings.